The Morgan fingerprint density at radius 1 is 1.45 bits per heavy atom. The number of rotatable bonds is 4. The molecule has 0 bridgehead atoms. The molecule has 0 saturated carbocycles. The lowest BCUT2D eigenvalue weighted by atomic mass is 10.3. The molecule has 6 heteroatoms. The summed E-state index contributed by atoms with van der Waals surface area (Å²) in [4.78, 5) is 0. The molecule has 0 spiro atoms. The van der Waals surface area contributed by atoms with E-state index >= 15 is 0 Å². The van der Waals surface area contributed by atoms with Gasteiger partial charge in [-0.05, 0) is 0 Å². The molecule has 0 amide bonds. The lowest BCUT2D eigenvalue weighted by Crippen LogP contribution is -2.43. The fourth-order valence-corrected chi connectivity index (χ4v) is 0.482. The van der Waals surface area contributed by atoms with Crippen LogP contribution in [0.1, 0.15) is 0 Å². The summed E-state index contributed by atoms with van der Waals surface area (Å²) in [6, 6.07) is -0.670. The van der Waals surface area contributed by atoms with Gasteiger partial charge in [-0.1, -0.05) is 0 Å². The van der Waals surface area contributed by atoms with Gasteiger partial charge in [0.05, 0.1) is 13.2 Å². The molecule has 0 heterocycles. The highest BCUT2D eigenvalue weighted by Crippen LogP contribution is 2.12. The van der Waals surface area contributed by atoms with E-state index in [0.29, 0.717) is 0 Å². The van der Waals surface area contributed by atoms with Gasteiger partial charge >= 0.3 is 6.18 Å². The molecule has 0 aromatic rings. The number of hydrogen-bond donors (Lipinski definition) is 3. The molecule has 0 aromatic heterocycles. The van der Waals surface area contributed by atoms with E-state index in [1.165, 1.54) is 0 Å². The number of halogens is 3. The second-order valence-corrected chi connectivity index (χ2v) is 2.11. The zero-order valence-electron chi connectivity index (χ0n) is 5.86. The van der Waals surface area contributed by atoms with Crippen LogP contribution in [0, 0.1) is 0 Å². The molecule has 4 N–H and O–H groups in total. The van der Waals surface area contributed by atoms with E-state index in [2.05, 4.69) is 5.32 Å². The number of alkyl halides is 3. The van der Waals surface area contributed by atoms with Gasteiger partial charge in [-0.15, -0.1) is 0 Å². The first-order valence-electron chi connectivity index (χ1n) is 3.10. The predicted molar refractivity (Wildman–Crippen MR) is 34.0 cm³/mol. The molecule has 0 fully saturated rings. The van der Waals surface area contributed by atoms with E-state index in [1.54, 1.807) is 0 Å². The van der Waals surface area contributed by atoms with Gasteiger partial charge in [0.25, 0.3) is 0 Å². The molecule has 0 aromatic carbocycles. The van der Waals surface area contributed by atoms with Crippen molar-refractivity contribution >= 4 is 0 Å². The number of nitrogens with one attached hydrogen (secondary N) is 1. The Kier molecular flexibility index (Phi) is 4.39. The predicted octanol–water partition coefficient (Wildman–Crippen LogP) is -0.542. The lowest BCUT2D eigenvalue weighted by molar-refractivity contribution is -0.126. The summed E-state index contributed by atoms with van der Waals surface area (Å²) >= 11 is 0. The third-order valence-electron chi connectivity index (χ3n) is 1.10. The second kappa shape index (κ2) is 4.53. The van der Waals surface area contributed by atoms with Crippen LogP contribution >= 0.6 is 0 Å². The quantitative estimate of drug-likeness (QED) is 0.533. The number of aliphatic hydroxyl groups excluding tert-OH is 1. The minimum Gasteiger partial charge on any atom is -0.395 e. The van der Waals surface area contributed by atoms with E-state index in [4.69, 9.17) is 10.8 Å². The van der Waals surface area contributed by atoms with E-state index in [0.717, 1.165) is 0 Å². The first kappa shape index (κ1) is 10.7. The molecular weight excluding hydrogens is 161 g/mol. The van der Waals surface area contributed by atoms with Crippen molar-refractivity contribution in [1.29, 1.82) is 0 Å². The van der Waals surface area contributed by atoms with Crippen LogP contribution in [0.5, 0.6) is 0 Å². The van der Waals surface area contributed by atoms with Gasteiger partial charge in [0.15, 0.2) is 0 Å². The molecule has 1 unspecified atom stereocenters. The Labute approximate surface area is 62.4 Å². The summed E-state index contributed by atoms with van der Waals surface area (Å²) in [6.07, 6.45) is -4.25. The molecule has 11 heavy (non-hydrogen) atoms. The normalized spacial score (nSPS) is 15.0. The standard InChI is InChI=1S/C5H11F3N2O/c6-5(7,8)3-10-4(1-9)2-11/h4,10-11H,1-3,9H2. The van der Waals surface area contributed by atoms with Crippen molar-refractivity contribution in [2.24, 2.45) is 5.73 Å². The molecule has 68 valence electrons. The van der Waals surface area contributed by atoms with Crippen LogP contribution in [0.25, 0.3) is 0 Å². The monoisotopic (exact) mass is 172 g/mol. The Balaban J connectivity index is 3.51. The van der Waals surface area contributed by atoms with Crippen LogP contribution in [0.2, 0.25) is 0 Å². The molecule has 0 aliphatic rings. The van der Waals surface area contributed by atoms with Crippen molar-refractivity contribution in [2.75, 3.05) is 19.7 Å². The molecule has 3 nitrogen and oxygen atoms in total. The summed E-state index contributed by atoms with van der Waals surface area (Å²) in [5.74, 6) is 0. The Hall–Kier alpha value is -0.330. The summed E-state index contributed by atoms with van der Waals surface area (Å²) < 4.78 is 34.5. The maximum Gasteiger partial charge on any atom is 0.401 e. The van der Waals surface area contributed by atoms with E-state index in [1.807, 2.05) is 0 Å². The van der Waals surface area contributed by atoms with Gasteiger partial charge in [-0.25, -0.2) is 0 Å². The van der Waals surface area contributed by atoms with Crippen LogP contribution < -0.4 is 11.1 Å². The number of nitrogens with two attached hydrogens (primary N) is 1. The van der Waals surface area contributed by atoms with Crippen LogP contribution in [-0.2, 0) is 0 Å². The third-order valence-corrected chi connectivity index (χ3v) is 1.10. The Bertz CT molecular complexity index is 102. The minimum absolute atomic E-state index is 0.00736. The Morgan fingerprint density at radius 3 is 2.27 bits per heavy atom. The topological polar surface area (TPSA) is 58.3 Å². The Morgan fingerprint density at radius 2 is 2.00 bits per heavy atom. The molecule has 0 rings (SSSR count). The molecule has 0 aliphatic carbocycles. The maximum atomic E-state index is 11.5. The van der Waals surface area contributed by atoms with Gasteiger partial charge in [0.2, 0.25) is 0 Å². The van der Waals surface area contributed by atoms with Crippen LogP contribution in [0.15, 0.2) is 0 Å². The summed E-state index contributed by atoms with van der Waals surface area (Å²) in [5, 5.41) is 10.5. The summed E-state index contributed by atoms with van der Waals surface area (Å²) in [7, 11) is 0. The van der Waals surface area contributed by atoms with Crippen molar-refractivity contribution < 1.29 is 18.3 Å². The van der Waals surface area contributed by atoms with Gasteiger partial charge in [-0.3, -0.25) is 0 Å². The van der Waals surface area contributed by atoms with Crippen molar-refractivity contribution in [3.05, 3.63) is 0 Å². The average Bonchev–Trinajstić information content (AvgIpc) is 1.88. The highest BCUT2D eigenvalue weighted by atomic mass is 19.4. The first-order chi connectivity index (χ1) is 4.99. The molecule has 0 saturated heterocycles. The van der Waals surface area contributed by atoms with Crippen LogP contribution in [-0.4, -0.2) is 37.0 Å². The van der Waals surface area contributed by atoms with Crippen molar-refractivity contribution in [1.82, 2.24) is 5.32 Å². The molecule has 0 radical (unpaired) electrons. The summed E-state index contributed by atoms with van der Waals surface area (Å²) in [6.45, 7) is -1.51. The zero-order valence-corrected chi connectivity index (χ0v) is 5.86. The fraction of sp³-hybridized carbons (Fsp3) is 1.00. The maximum absolute atomic E-state index is 11.5. The van der Waals surface area contributed by atoms with Gasteiger partial charge in [0, 0.05) is 12.6 Å². The molecular formula is C5H11F3N2O. The van der Waals surface area contributed by atoms with Gasteiger partial charge < -0.3 is 16.2 Å². The number of aliphatic hydroxyl groups is 1. The highest BCUT2D eigenvalue weighted by Gasteiger charge is 2.27. The van der Waals surface area contributed by atoms with E-state index in [-0.39, 0.29) is 13.2 Å². The van der Waals surface area contributed by atoms with Crippen molar-refractivity contribution in [3.8, 4) is 0 Å². The number of hydrogen-bond acceptors (Lipinski definition) is 3. The summed E-state index contributed by atoms with van der Waals surface area (Å²) in [5.41, 5.74) is 5.02. The first-order valence-corrected chi connectivity index (χ1v) is 3.10. The lowest BCUT2D eigenvalue weighted by Gasteiger charge is -2.14. The van der Waals surface area contributed by atoms with E-state index in [9.17, 15) is 13.2 Å². The van der Waals surface area contributed by atoms with Crippen LogP contribution in [0.3, 0.4) is 0 Å². The van der Waals surface area contributed by atoms with E-state index < -0.39 is 18.8 Å². The third kappa shape index (κ3) is 6.08. The molecule has 1 atom stereocenters. The zero-order chi connectivity index (χ0) is 8.91. The van der Waals surface area contributed by atoms with Crippen molar-refractivity contribution in [2.45, 2.75) is 12.2 Å². The smallest absolute Gasteiger partial charge is 0.395 e. The largest absolute Gasteiger partial charge is 0.401 e. The van der Waals surface area contributed by atoms with Crippen LogP contribution in [0.4, 0.5) is 13.2 Å². The van der Waals surface area contributed by atoms with Gasteiger partial charge in [-0.2, -0.15) is 13.2 Å². The fourth-order valence-electron chi connectivity index (χ4n) is 0.482. The second-order valence-electron chi connectivity index (χ2n) is 2.11. The van der Waals surface area contributed by atoms with Crippen molar-refractivity contribution in [3.63, 3.8) is 0 Å². The van der Waals surface area contributed by atoms with Gasteiger partial charge in [0.1, 0.15) is 0 Å². The highest BCUT2D eigenvalue weighted by molar-refractivity contribution is 4.67. The molecule has 0 aliphatic heterocycles. The minimum atomic E-state index is -4.25. The average molecular weight is 172 g/mol. The SMILES string of the molecule is NCC(CO)NCC(F)(F)F.